The van der Waals surface area contributed by atoms with Gasteiger partial charge in [0.05, 0.1) is 7.11 Å². The predicted octanol–water partition coefficient (Wildman–Crippen LogP) is 2.07. The molecule has 0 aliphatic carbocycles. The monoisotopic (exact) mass is 221 g/mol. The first kappa shape index (κ1) is 11.3. The highest BCUT2D eigenvalue weighted by molar-refractivity contribution is 5.31. The van der Waals surface area contributed by atoms with Crippen LogP contribution in [0.25, 0.3) is 0 Å². The number of nitrogens with one attached hydrogen (secondary N) is 1. The summed E-state index contributed by atoms with van der Waals surface area (Å²) >= 11 is 0. The predicted molar refractivity (Wildman–Crippen MR) is 64.1 cm³/mol. The van der Waals surface area contributed by atoms with Gasteiger partial charge in [-0.1, -0.05) is 6.92 Å². The second kappa shape index (κ2) is 5.21. The third-order valence-corrected chi connectivity index (χ3v) is 3.05. The van der Waals surface area contributed by atoms with Crippen LogP contribution in [0.1, 0.15) is 13.3 Å². The molecule has 1 N–H and O–H groups in total. The lowest BCUT2D eigenvalue weighted by atomic mass is 9.98. The Morgan fingerprint density at radius 1 is 1.19 bits per heavy atom. The van der Waals surface area contributed by atoms with Crippen molar-refractivity contribution in [2.75, 3.05) is 20.2 Å². The van der Waals surface area contributed by atoms with Crippen molar-refractivity contribution in [3.63, 3.8) is 0 Å². The molecule has 88 valence electrons. The zero-order valence-electron chi connectivity index (χ0n) is 9.90. The molecule has 1 fully saturated rings. The lowest BCUT2D eigenvalue weighted by Crippen LogP contribution is -2.41. The van der Waals surface area contributed by atoms with Gasteiger partial charge in [-0.2, -0.15) is 0 Å². The molecule has 1 aliphatic rings. The molecule has 2 rings (SSSR count). The Morgan fingerprint density at radius 3 is 2.50 bits per heavy atom. The van der Waals surface area contributed by atoms with Gasteiger partial charge in [0, 0.05) is 12.5 Å². The number of piperidine rings is 1. The summed E-state index contributed by atoms with van der Waals surface area (Å²) in [5.74, 6) is 2.36. The van der Waals surface area contributed by atoms with Gasteiger partial charge >= 0.3 is 0 Å². The average Bonchev–Trinajstić information content (AvgIpc) is 2.33. The van der Waals surface area contributed by atoms with Crippen molar-refractivity contribution in [2.45, 2.75) is 19.4 Å². The summed E-state index contributed by atoms with van der Waals surface area (Å²) in [6, 6.07) is 7.79. The molecule has 2 atom stereocenters. The maximum absolute atomic E-state index is 5.97. The Labute approximate surface area is 96.8 Å². The van der Waals surface area contributed by atoms with Crippen LogP contribution in [0, 0.1) is 5.92 Å². The van der Waals surface area contributed by atoms with E-state index in [0.29, 0.717) is 12.0 Å². The maximum atomic E-state index is 5.97. The standard InChI is InChI=1S/C13H19NO2/c1-10-9-14-8-7-13(10)16-12-5-3-11(15-2)4-6-12/h3-6,10,13-14H,7-9H2,1-2H3. The summed E-state index contributed by atoms with van der Waals surface area (Å²) in [6.45, 7) is 4.31. The fourth-order valence-electron chi connectivity index (χ4n) is 1.99. The molecule has 2 unspecified atom stereocenters. The molecular weight excluding hydrogens is 202 g/mol. The number of hydrogen-bond donors (Lipinski definition) is 1. The summed E-state index contributed by atoms with van der Waals surface area (Å²) in [5.41, 5.74) is 0. The van der Waals surface area contributed by atoms with Crippen molar-refractivity contribution < 1.29 is 9.47 Å². The van der Waals surface area contributed by atoms with E-state index in [-0.39, 0.29) is 0 Å². The molecule has 0 aromatic heterocycles. The molecule has 3 heteroatoms. The average molecular weight is 221 g/mol. The van der Waals surface area contributed by atoms with Crippen LogP contribution >= 0.6 is 0 Å². The number of ether oxygens (including phenoxy) is 2. The van der Waals surface area contributed by atoms with E-state index in [4.69, 9.17) is 9.47 Å². The SMILES string of the molecule is COc1ccc(OC2CCNCC2C)cc1. The van der Waals surface area contributed by atoms with Gasteiger partial charge in [0.15, 0.2) is 0 Å². The zero-order valence-corrected chi connectivity index (χ0v) is 9.90. The molecule has 0 spiro atoms. The summed E-state index contributed by atoms with van der Waals surface area (Å²) in [5, 5.41) is 3.37. The topological polar surface area (TPSA) is 30.5 Å². The first-order valence-corrected chi connectivity index (χ1v) is 5.81. The van der Waals surface area contributed by atoms with Crippen molar-refractivity contribution in [3.05, 3.63) is 24.3 Å². The van der Waals surface area contributed by atoms with E-state index in [0.717, 1.165) is 31.0 Å². The number of rotatable bonds is 3. The second-order valence-electron chi connectivity index (χ2n) is 4.30. The van der Waals surface area contributed by atoms with E-state index in [1.54, 1.807) is 7.11 Å². The molecule has 1 aromatic carbocycles. The number of methoxy groups -OCH3 is 1. The Hall–Kier alpha value is -1.22. The van der Waals surface area contributed by atoms with Gasteiger partial charge in [-0.05, 0) is 37.2 Å². The lowest BCUT2D eigenvalue weighted by molar-refractivity contribution is 0.112. The van der Waals surface area contributed by atoms with Gasteiger partial charge in [-0.25, -0.2) is 0 Å². The van der Waals surface area contributed by atoms with Crippen LogP contribution in [0.4, 0.5) is 0 Å². The normalized spacial score (nSPS) is 25.1. The molecule has 1 saturated heterocycles. The van der Waals surface area contributed by atoms with Crippen LogP contribution in [0.15, 0.2) is 24.3 Å². The highest BCUT2D eigenvalue weighted by Crippen LogP contribution is 2.22. The molecule has 0 bridgehead atoms. The molecule has 1 aromatic rings. The quantitative estimate of drug-likeness (QED) is 0.847. The third-order valence-electron chi connectivity index (χ3n) is 3.05. The van der Waals surface area contributed by atoms with Crippen molar-refractivity contribution in [1.29, 1.82) is 0 Å². The highest BCUT2D eigenvalue weighted by Gasteiger charge is 2.22. The molecule has 0 radical (unpaired) electrons. The van der Waals surface area contributed by atoms with Crippen molar-refractivity contribution in [1.82, 2.24) is 5.32 Å². The molecule has 1 heterocycles. The van der Waals surface area contributed by atoms with Gasteiger partial charge in [-0.15, -0.1) is 0 Å². The summed E-state index contributed by atoms with van der Waals surface area (Å²) in [7, 11) is 1.67. The zero-order chi connectivity index (χ0) is 11.4. The van der Waals surface area contributed by atoms with Crippen LogP contribution in [-0.2, 0) is 0 Å². The van der Waals surface area contributed by atoms with Gasteiger partial charge < -0.3 is 14.8 Å². The van der Waals surface area contributed by atoms with E-state index < -0.39 is 0 Å². The molecule has 0 saturated carbocycles. The minimum atomic E-state index is 0.328. The molecular formula is C13H19NO2. The molecule has 0 amide bonds. The van der Waals surface area contributed by atoms with E-state index in [1.807, 2.05) is 24.3 Å². The van der Waals surface area contributed by atoms with Crippen LogP contribution in [0.2, 0.25) is 0 Å². The van der Waals surface area contributed by atoms with Gasteiger partial charge in [0.25, 0.3) is 0 Å². The molecule has 3 nitrogen and oxygen atoms in total. The summed E-state index contributed by atoms with van der Waals surface area (Å²) < 4.78 is 11.1. The van der Waals surface area contributed by atoms with Gasteiger partial charge in [0.2, 0.25) is 0 Å². The Morgan fingerprint density at radius 2 is 1.88 bits per heavy atom. The molecule has 16 heavy (non-hydrogen) atoms. The van der Waals surface area contributed by atoms with Crippen LogP contribution in [-0.4, -0.2) is 26.3 Å². The number of hydrogen-bond acceptors (Lipinski definition) is 3. The molecule has 1 aliphatic heterocycles. The smallest absolute Gasteiger partial charge is 0.120 e. The summed E-state index contributed by atoms with van der Waals surface area (Å²) in [6.07, 6.45) is 1.40. The van der Waals surface area contributed by atoms with Crippen LogP contribution in [0.5, 0.6) is 11.5 Å². The first-order chi connectivity index (χ1) is 7.79. The van der Waals surface area contributed by atoms with E-state index >= 15 is 0 Å². The van der Waals surface area contributed by atoms with E-state index in [2.05, 4.69) is 12.2 Å². The Balaban J connectivity index is 1.96. The van der Waals surface area contributed by atoms with Gasteiger partial charge in [0.1, 0.15) is 17.6 Å². The van der Waals surface area contributed by atoms with E-state index in [1.165, 1.54) is 0 Å². The largest absolute Gasteiger partial charge is 0.497 e. The minimum absolute atomic E-state index is 0.328. The fraction of sp³-hybridized carbons (Fsp3) is 0.538. The number of benzene rings is 1. The highest BCUT2D eigenvalue weighted by atomic mass is 16.5. The van der Waals surface area contributed by atoms with Crippen LogP contribution < -0.4 is 14.8 Å². The fourth-order valence-corrected chi connectivity index (χ4v) is 1.99. The van der Waals surface area contributed by atoms with Crippen LogP contribution in [0.3, 0.4) is 0 Å². The van der Waals surface area contributed by atoms with Crippen molar-refractivity contribution in [3.8, 4) is 11.5 Å². The first-order valence-electron chi connectivity index (χ1n) is 5.81. The Bertz CT molecular complexity index is 323. The van der Waals surface area contributed by atoms with E-state index in [9.17, 15) is 0 Å². The Kier molecular flexibility index (Phi) is 3.67. The second-order valence-corrected chi connectivity index (χ2v) is 4.30. The summed E-state index contributed by atoms with van der Waals surface area (Å²) in [4.78, 5) is 0. The van der Waals surface area contributed by atoms with Crippen molar-refractivity contribution in [2.24, 2.45) is 5.92 Å². The third kappa shape index (κ3) is 2.67. The van der Waals surface area contributed by atoms with Crippen molar-refractivity contribution >= 4 is 0 Å². The van der Waals surface area contributed by atoms with Gasteiger partial charge in [-0.3, -0.25) is 0 Å². The maximum Gasteiger partial charge on any atom is 0.120 e. The minimum Gasteiger partial charge on any atom is -0.497 e. The lowest BCUT2D eigenvalue weighted by Gasteiger charge is -2.30.